The van der Waals surface area contributed by atoms with Crippen molar-refractivity contribution in [2.24, 2.45) is 11.8 Å². The van der Waals surface area contributed by atoms with Gasteiger partial charge in [0, 0.05) is 17.8 Å². The van der Waals surface area contributed by atoms with E-state index in [0.29, 0.717) is 12.0 Å². The summed E-state index contributed by atoms with van der Waals surface area (Å²) in [6.07, 6.45) is 7.13. The van der Waals surface area contributed by atoms with Crippen LogP contribution < -0.4 is 10.1 Å². The van der Waals surface area contributed by atoms with Gasteiger partial charge in [-0.1, -0.05) is 32.8 Å². The third-order valence-corrected chi connectivity index (χ3v) is 4.20. The van der Waals surface area contributed by atoms with Gasteiger partial charge in [0.15, 0.2) is 0 Å². The summed E-state index contributed by atoms with van der Waals surface area (Å²) in [6.45, 7) is 5.52. The maximum atomic E-state index is 5.44. The van der Waals surface area contributed by atoms with E-state index in [-0.39, 0.29) is 0 Å². The van der Waals surface area contributed by atoms with E-state index in [1.807, 2.05) is 6.07 Å². The molecule has 1 aromatic rings. The van der Waals surface area contributed by atoms with Gasteiger partial charge < -0.3 is 10.1 Å². The van der Waals surface area contributed by atoms with Crippen LogP contribution in [0.25, 0.3) is 0 Å². The molecule has 3 nitrogen and oxygen atoms in total. The van der Waals surface area contributed by atoms with Crippen LogP contribution in [0.1, 0.15) is 51.1 Å². The fourth-order valence-corrected chi connectivity index (χ4v) is 3.34. The Hall–Kier alpha value is -1.09. The first-order chi connectivity index (χ1) is 9.26. The van der Waals surface area contributed by atoms with Crippen molar-refractivity contribution in [3.63, 3.8) is 0 Å². The molecule has 0 amide bonds. The topological polar surface area (TPSA) is 34.2 Å². The molecular weight excluding hydrogens is 236 g/mol. The van der Waals surface area contributed by atoms with Gasteiger partial charge in [-0.15, -0.1) is 0 Å². The van der Waals surface area contributed by atoms with E-state index in [2.05, 4.69) is 30.2 Å². The van der Waals surface area contributed by atoms with Crippen molar-refractivity contribution in [2.75, 3.05) is 13.7 Å². The van der Waals surface area contributed by atoms with Crippen molar-refractivity contribution < 1.29 is 4.74 Å². The van der Waals surface area contributed by atoms with Gasteiger partial charge in [-0.3, -0.25) is 0 Å². The molecule has 0 aliphatic heterocycles. The van der Waals surface area contributed by atoms with Gasteiger partial charge >= 0.3 is 0 Å². The summed E-state index contributed by atoms with van der Waals surface area (Å²) in [5, 5.41) is 3.64. The van der Waals surface area contributed by atoms with Gasteiger partial charge in [0.25, 0.3) is 0 Å². The number of aromatic nitrogens is 1. The minimum Gasteiger partial charge on any atom is -0.481 e. The lowest BCUT2D eigenvalue weighted by Crippen LogP contribution is -2.31. The zero-order valence-corrected chi connectivity index (χ0v) is 12.4. The number of rotatable bonds is 5. The second-order valence-corrected chi connectivity index (χ2v) is 5.67. The van der Waals surface area contributed by atoms with Crippen LogP contribution in [0.3, 0.4) is 0 Å². The fraction of sp³-hybridized carbons (Fsp3) is 0.688. The molecule has 2 rings (SSSR count). The molecule has 1 aliphatic rings. The Bertz CT molecular complexity index is 394. The standard InChI is InChI=1S/C16H26N2O/c1-4-17-15(13-8-5-7-12(2)11-13)14-9-6-10-18-16(14)19-3/h6,9-10,12-13,15,17H,4-5,7-8,11H2,1-3H3. The third-order valence-electron chi connectivity index (χ3n) is 4.20. The summed E-state index contributed by atoms with van der Waals surface area (Å²) in [5.74, 6) is 2.30. The number of ether oxygens (including phenoxy) is 1. The molecule has 1 N–H and O–H groups in total. The maximum absolute atomic E-state index is 5.44. The van der Waals surface area contributed by atoms with Gasteiger partial charge in [-0.05, 0) is 37.3 Å². The lowest BCUT2D eigenvalue weighted by atomic mass is 9.77. The molecule has 3 heteroatoms. The lowest BCUT2D eigenvalue weighted by molar-refractivity contribution is 0.221. The van der Waals surface area contributed by atoms with Crippen LogP contribution in [-0.2, 0) is 0 Å². The summed E-state index contributed by atoms with van der Waals surface area (Å²) in [6, 6.07) is 4.53. The normalized spacial score (nSPS) is 25.0. The van der Waals surface area contributed by atoms with Crippen LogP contribution in [0, 0.1) is 11.8 Å². The van der Waals surface area contributed by atoms with Crippen molar-refractivity contribution in [2.45, 2.75) is 45.6 Å². The summed E-state index contributed by atoms with van der Waals surface area (Å²) >= 11 is 0. The molecule has 1 saturated carbocycles. The zero-order valence-electron chi connectivity index (χ0n) is 12.4. The van der Waals surface area contributed by atoms with Crippen molar-refractivity contribution in [3.05, 3.63) is 23.9 Å². The number of pyridine rings is 1. The van der Waals surface area contributed by atoms with Crippen molar-refractivity contribution >= 4 is 0 Å². The van der Waals surface area contributed by atoms with Gasteiger partial charge in [-0.2, -0.15) is 0 Å². The molecule has 3 unspecified atom stereocenters. The second-order valence-electron chi connectivity index (χ2n) is 5.67. The van der Waals surface area contributed by atoms with Gasteiger partial charge in [-0.25, -0.2) is 4.98 Å². The van der Waals surface area contributed by atoms with Crippen LogP contribution in [0.5, 0.6) is 5.88 Å². The first-order valence-electron chi connectivity index (χ1n) is 7.48. The van der Waals surface area contributed by atoms with Crippen LogP contribution in [0.15, 0.2) is 18.3 Å². The monoisotopic (exact) mass is 262 g/mol. The van der Waals surface area contributed by atoms with E-state index in [1.54, 1.807) is 13.3 Å². The molecule has 0 spiro atoms. The first kappa shape index (κ1) is 14.3. The SMILES string of the molecule is CCNC(c1cccnc1OC)C1CCCC(C)C1. The number of nitrogens with zero attached hydrogens (tertiary/aromatic N) is 1. The van der Waals surface area contributed by atoms with Crippen molar-refractivity contribution in [1.82, 2.24) is 10.3 Å². The largest absolute Gasteiger partial charge is 0.481 e. The Morgan fingerprint density at radius 2 is 2.32 bits per heavy atom. The second kappa shape index (κ2) is 6.90. The first-order valence-corrected chi connectivity index (χ1v) is 7.48. The van der Waals surface area contributed by atoms with E-state index >= 15 is 0 Å². The summed E-state index contributed by atoms with van der Waals surface area (Å²) < 4.78 is 5.44. The summed E-state index contributed by atoms with van der Waals surface area (Å²) in [7, 11) is 1.71. The number of hydrogen-bond donors (Lipinski definition) is 1. The predicted molar refractivity (Wildman–Crippen MR) is 78.3 cm³/mol. The van der Waals surface area contributed by atoms with E-state index in [9.17, 15) is 0 Å². The predicted octanol–water partition coefficient (Wildman–Crippen LogP) is 3.57. The lowest BCUT2D eigenvalue weighted by Gasteiger charge is -2.34. The molecule has 1 aliphatic carbocycles. The molecule has 0 aromatic carbocycles. The highest BCUT2D eigenvalue weighted by Crippen LogP contribution is 2.39. The highest BCUT2D eigenvalue weighted by Gasteiger charge is 2.29. The smallest absolute Gasteiger partial charge is 0.217 e. The van der Waals surface area contributed by atoms with Crippen LogP contribution in [-0.4, -0.2) is 18.6 Å². The molecule has 1 aromatic heterocycles. The minimum absolute atomic E-state index is 0.372. The molecular formula is C16H26N2O. The maximum Gasteiger partial charge on any atom is 0.217 e. The summed E-state index contributed by atoms with van der Waals surface area (Å²) in [5.41, 5.74) is 1.21. The summed E-state index contributed by atoms with van der Waals surface area (Å²) in [4.78, 5) is 4.35. The average molecular weight is 262 g/mol. The number of nitrogens with one attached hydrogen (secondary N) is 1. The quantitative estimate of drug-likeness (QED) is 0.881. The molecule has 0 radical (unpaired) electrons. The van der Waals surface area contributed by atoms with Crippen molar-refractivity contribution in [3.8, 4) is 5.88 Å². The van der Waals surface area contributed by atoms with Crippen LogP contribution >= 0.6 is 0 Å². The van der Waals surface area contributed by atoms with Crippen LogP contribution in [0.4, 0.5) is 0 Å². The molecule has 19 heavy (non-hydrogen) atoms. The molecule has 0 saturated heterocycles. The molecule has 106 valence electrons. The highest BCUT2D eigenvalue weighted by molar-refractivity contribution is 5.29. The molecule has 1 fully saturated rings. The third kappa shape index (κ3) is 3.47. The van der Waals surface area contributed by atoms with Crippen LogP contribution in [0.2, 0.25) is 0 Å². The molecule has 1 heterocycles. The Morgan fingerprint density at radius 1 is 1.47 bits per heavy atom. The fourth-order valence-electron chi connectivity index (χ4n) is 3.34. The Labute approximate surface area is 116 Å². The Balaban J connectivity index is 2.23. The average Bonchev–Trinajstić information content (AvgIpc) is 2.45. The van der Waals surface area contributed by atoms with Gasteiger partial charge in [0.2, 0.25) is 5.88 Å². The van der Waals surface area contributed by atoms with Gasteiger partial charge in [0.1, 0.15) is 0 Å². The highest BCUT2D eigenvalue weighted by atomic mass is 16.5. The Morgan fingerprint density at radius 3 is 3.00 bits per heavy atom. The molecule has 0 bridgehead atoms. The zero-order chi connectivity index (χ0) is 13.7. The van der Waals surface area contributed by atoms with E-state index in [4.69, 9.17) is 4.74 Å². The Kier molecular flexibility index (Phi) is 5.20. The minimum atomic E-state index is 0.372. The molecule has 3 atom stereocenters. The van der Waals surface area contributed by atoms with E-state index in [1.165, 1.54) is 31.2 Å². The van der Waals surface area contributed by atoms with E-state index < -0.39 is 0 Å². The van der Waals surface area contributed by atoms with Crippen molar-refractivity contribution in [1.29, 1.82) is 0 Å². The van der Waals surface area contributed by atoms with E-state index in [0.717, 1.165) is 18.3 Å². The number of hydrogen-bond acceptors (Lipinski definition) is 3. The van der Waals surface area contributed by atoms with Gasteiger partial charge in [0.05, 0.1) is 7.11 Å². The number of methoxy groups -OCH3 is 1.